The lowest BCUT2D eigenvalue weighted by atomic mass is 10.2. The highest BCUT2D eigenvalue weighted by Gasteiger charge is 2.29. The van der Waals surface area contributed by atoms with E-state index >= 15 is 0 Å². The van der Waals surface area contributed by atoms with Gasteiger partial charge in [0.2, 0.25) is 5.91 Å². The van der Waals surface area contributed by atoms with E-state index < -0.39 is 5.97 Å². The Morgan fingerprint density at radius 3 is 2.70 bits per heavy atom. The fraction of sp³-hybridized carbons (Fsp3) is 0.267. The van der Waals surface area contributed by atoms with Gasteiger partial charge >= 0.3 is 5.97 Å². The lowest BCUT2D eigenvalue weighted by Gasteiger charge is -2.03. The molecule has 1 aliphatic carbocycles. The van der Waals surface area contributed by atoms with Crippen LogP contribution < -0.4 is 10.6 Å². The number of amides is 2. The lowest BCUT2D eigenvalue weighted by molar-refractivity contribution is -0.117. The molecule has 2 amide bonds. The second-order valence-corrected chi connectivity index (χ2v) is 7.19. The largest absolute Gasteiger partial charge is 0.477 e. The minimum absolute atomic E-state index is 0.00295. The van der Waals surface area contributed by atoms with Crippen LogP contribution in [0.15, 0.2) is 23.6 Å². The van der Waals surface area contributed by atoms with Crippen LogP contribution in [0.5, 0.6) is 0 Å². The Morgan fingerprint density at radius 2 is 2.00 bits per heavy atom. The molecule has 0 unspecified atom stereocenters. The molecule has 2 aromatic heterocycles. The van der Waals surface area contributed by atoms with Crippen molar-refractivity contribution in [2.45, 2.75) is 19.4 Å². The van der Waals surface area contributed by atoms with Crippen molar-refractivity contribution in [3.63, 3.8) is 0 Å². The average molecular weight is 350 g/mol. The van der Waals surface area contributed by atoms with Gasteiger partial charge < -0.3 is 15.7 Å². The molecule has 3 N–H and O–H groups in total. The Bertz CT molecular complexity index is 761. The Morgan fingerprint density at radius 1 is 1.22 bits per heavy atom. The van der Waals surface area contributed by atoms with Gasteiger partial charge in [0.1, 0.15) is 4.88 Å². The molecule has 0 spiro atoms. The van der Waals surface area contributed by atoms with Gasteiger partial charge in [0.15, 0.2) is 0 Å². The SMILES string of the molecule is O=C(NCc1ccsc1C(=O)O)c1ccc(NC(=O)C2CC2)s1. The zero-order valence-corrected chi connectivity index (χ0v) is 13.6. The van der Waals surface area contributed by atoms with E-state index in [1.807, 2.05) is 0 Å². The smallest absolute Gasteiger partial charge is 0.346 e. The van der Waals surface area contributed by atoms with Crippen molar-refractivity contribution in [3.8, 4) is 0 Å². The third kappa shape index (κ3) is 3.77. The van der Waals surface area contributed by atoms with E-state index in [2.05, 4.69) is 10.6 Å². The fourth-order valence-corrected chi connectivity index (χ4v) is 3.61. The first-order valence-corrected chi connectivity index (χ1v) is 8.73. The minimum atomic E-state index is -0.995. The van der Waals surface area contributed by atoms with Crippen molar-refractivity contribution in [1.82, 2.24) is 5.32 Å². The van der Waals surface area contributed by atoms with E-state index in [4.69, 9.17) is 5.11 Å². The van der Waals surface area contributed by atoms with Crippen LogP contribution in [0, 0.1) is 5.92 Å². The van der Waals surface area contributed by atoms with Crippen LogP contribution in [0.25, 0.3) is 0 Å². The maximum atomic E-state index is 12.1. The van der Waals surface area contributed by atoms with Crippen LogP contribution in [0.4, 0.5) is 5.00 Å². The van der Waals surface area contributed by atoms with Gasteiger partial charge in [-0.25, -0.2) is 4.79 Å². The number of carboxylic acid groups (broad SMARTS) is 1. The Balaban J connectivity index is 1.57. The number of nitrogens with one attached hydrogen (secondary N) is 2. The summed E-state index contributed by atoms with van der Waals surface area (Å²) in [5, 5.41) is 16.9. The van der Waals surface area contributed by atoms with Crippen molar-refractivity contribution >= 4 is 45.5 Å². The van der Waals surface area contributed by atoms with Crippen LogP contribution in [-0.4, -0.2) is 22.9 Å². The van der Waals surface area contributed by atoms with Crippen LogP contribution >= 0.6 is 22.7 Å². The zero-order chi connectivity index (χ0) is 16.4. The molecule has 2 heterocycles. The molecule has 0 bridgehead atoms. The molecule has 6 nitrogen and oxygen atoms in total. The number of carbonyl (C=O) groups is 3. The summed E-state index contributed by atoms with van der Waals surface area (Å²) in [6, 6.07) is 5.03. The number of rotatable bonds is 6. The van der Waals surface area contributed by atoms with Gasteiger partial charge in [-0.15, -0.1) is 22.7 Å². The number of hydrogen-bond donors (Lipinski definition) is 3. The second kappa shape index (κ2) is 6.51. The molecule has 0 aromatic carbocycles. The normalized spacial score (nSPS) is 13.6. The summed E-state index contributed by atoms with van der Waals surface area (Å²) in [6.07, 6.45) is 1.86. The standard InChI is InChI=1S/C15H14N2O4S2/c18-13(8-1-2-8)17-11-4-3-10(23-11)14(19)16-7-9-5-6-22-12(9)15(20)21/h3-6,8H,1-2,7H2,(H,16,19)(H,17,18)(H,20,21). The summed E-state index contributed by atoms with van der Waals surface area (Å²) in [5.41, 5.74) is 0.578. The van der Waals surface area contributed by atoms with Gasteiger partial charge in [-0.2, -0.15) is 0 Å². The molecule has 1 aliphatic rings. The Kier molecular flexibility index (Phi) is 4.44. The first kappa shape index (κ1) is 15.7. The number of thiophene rings is 2. The maximum Gasteiger partial charge on any atom is 0.346 e. The van der Waals surface area contributed by atoms with Crippen LogP contribution in [0.1, 0.15) is 37.7 Å². The molecule has 0 radical (unpaired) electrons. The van der Waals surface area contributed by atoms with Gasteiger partial charge in [0.25, 0.3) is 5.91 Å². The predicted octanol–water partition coefficient (Wildman–Crippen LogP) is 2.79. The topological polar surface area (TPSA) is 95.5 Å². The first-order chi connectivity index (χ1) is 11.0. The number of aromatic carboxylic acids is 1. The van der Waals surface area contributed by atoms with Gasteiger partial charge in [0.05, 0.1) is 9.88 Å². The summed E-state index contributed by atoms with van der Waals surface area (Å²) in [6.45, 7) is 0.158. The molecule has 120 valence electrons. The van der Waals surface area contributed by atoms with E-state index in [9.17, 15) is 14.4 Å². The molecule has 8 heteroatoms. The molecule has 2 aromatic rings. The molecule has 1 fully saturated rings. The molecule has 0 atom stereocenters. The van der Waals surface area contributed by atoms with E-state index in [0.717, 1.165) is 24.2 Å². The highest BCUT2D eigenvalue weighted by molar-refractivity contribution is 7.18. The van der Waals surface area contributed by atoms with E-state index in [0.29, 0.717) is 15.4 Å². The summed E-state index contributed by atoms with van der Waals surface area (Å²) >= 11 is 2.33. The van der Waals surface area contributed by atoms with Crippen LogP contribution in [0.3, 0.4) is 0 Å². The third-order valence-corrected chi connectivity index (χ3v) is 5.35. The van der Waals surface area contributed by atoms with Crippen molar-refractivity contribution in [3.05, 3.63) is 38.9 Å². The summed E-state index contributed by atoms with van der Waals surface area (Å²) in [7, 11) is 0. The van der Waals surface area contributed by atoms with E-state index in [1.54, 1.807) is 23.6 Å². The molecule has 3 rings (SSSR count). The summed E-state index contributed by atoms with van der Waals surface area (Å²) in [4.78, 5) is 35.5. The highest BCUT2D eigenvalue weighted by Crippen LogP contribution is 2.31. The van der Waals surface area contributed by atoms with Crippen molar-refractivity contribution in [1.29, 1.82) is 0 Å². The van der Waals surface area contributed by atoms with E-state index in [1.165, 1.54) is 11.3 Å². The monoisotopic (exact) mass is 350 g/mol. The van der Waals surface area contributed by atoms with Crippen molar-refractivity contribution < 1.29 is 19.5 Å². The van der Waals surface area contributed by atoms with Crippen molar-refractivity contribution in [2.75, 3.05) is 5.32 Å². The molecule has 0 saturated heterocycles. The Hall–Kier alpha value is -2.19. The number of hydrogen-bond acceptors (Lipinski definition) is 5. The quantitative estimate of drug-likeness (QED) is 0.746. The van der Waals surface area contributed by atoms with Gasteiger partial charge in [0, 0.05) is 12.5 Å². The van der Waals surface area contributed by atoms with Crippen LogP contribution in [0.2, 0.25) is 0 Å². The molecule has 23 heavy (non-hydrogen) atoms. The summed E-state index contributed by atoms with van der Waals surface area (Å²) < 4.78 is 0. The maximum absolute atomic E-state index is 12.1. The minimum Gasteiger partial charge on any atom is -0.477 e. The van der Waals surface area contributed by atoms with Gasteiger partial charge in [-0.3, -0.25) is 9.59 Å². The average Bonchev–Trinajstić information content (AvgIpc) is 3.08. The number of carboxylic acids is 1. The van der Waals surface area contributed by atoms with Crippen molar-refractivity contribution in [2.24, 2.45) is 5.92 Å². The fourth-order valence-electron chi connectivity index (χ4n) is 2.02. The third-order valence-electron chi connectivity index (χ3n) is 3.40. The first-order valence-electron chi connectivity index (χ1n) is 7.03. The van der Waals surface area contributed by atoms with Gasteiger partial charge in [-0.05, 0) is 42.0 Å². The second-order valence-electron chi connectivity index (χ2n) is 5.19. The molecular formula is C15H14N2O4S2. The zero-order valence-electron chi connectivity index (χ0n) is 12.0. The van der Waals surface area contributed by atoms with Gasteiger partial charge in [-0.1, -0.05) is 0 Å². The number of anilines is 1. The predicted molar refractivity (Wildman–Crippen MR) is 88.1 cm³/mol. The number of carbonyl (C=O) groups excluding carboxylic acids is 2. The lowest BCUT2D eigenvalue weighted by Crippen LogP contribution is -2.22. The Labute approximate surface area is 140 Å². The molecule has 1 saturated carbocycles. The molecular weight excluding hydrogens is 336 g/mol. The van der Waals surface area contributed by atoms with E-state index in [-0.39, 0.29) is 29.2 Å². The summed E-state index contributed by atoms with van der Waals surface area (Å²) in [5.74, 6) is -1.17. The highest BCUT2D eigenvalue weighted by atomic mass is 32.1. The molecule has 0 aliphatic heterocycles. The van der Waals surface area contributed by atoms with Crippen LogP contribution in [-0.2, 0) is 11.3 Å².